The van der Waals surface area contributed by atoms with Gasteiger partial charge in [0.05, 0.1) is 19.4 Å². The molecule has 0 spiro atoms. The summed E-state index contributed by atoms with van der Waals surface area (Å²) in [5, 5.41) is 11.3. The van der Waals surface area contributed by atoms with Crippen molar-refractivity contribution in [3.05, 3.63) is 41.6 Å². The second-order valence-corrected chi connectivity index (χ2v) is 5.02. The standard InChI is InChI=1S/C15H19N5O/c1-12-4-2-3-5-13(12)10-16-15-18-14(11-17-19-15)20-6-8-21-9-7-20/h2-5,11H,6-10H2,1H3,(H,16,18,19). The van der Waals surface area contributed by atoms with Crippen LogP contribution in [0.1, 0.15) is 11.1 Å². The van der Waals surface area contributed by atoms with Gasteiger partial charge < -0.3 is 15.0 Å². The van der Waals surface area contributed by atoms with Crippen molar-refractivity contribution in [1.29, 1.82) is 0 Å². The normalized spacial score (nSPS) is 15.0. The minimum Gasteiger partial charge on any atom is -0.378 e. The highest BCUT2D eigenvalue weighted by molar-refractivity contribution is 5.41. The van der Waals surface area contributed by atoms with Crippen molar-refractivity contribution < 1.29 is 4.74 Å². The summed E-state index contributed by atoms with van der Waals surface area (Å²) in [6.45, 7) is 5.94. The summed E-state index contributed by atoms with van der Waals surface area (Å²) in [7, 11) is 0. The zero-order valence-electron chi connectivity index (χ0n) is 12.1. The second-order valence-electron chi connectivity index (χ2n) is 5.02. The molecule has 1 aliphatic rings. The summed E-state index contributed by atoms with van der Waals surface area (Å²) in [6, 6.07) is 8.27. The van der Waals surface area contributed by atoms with Crippen molar-refractivity contribution in [3.8, 4) is 0 Å². The van der Waals surface area contributed by atoms with E-state index in [2.05, 4.69) is 44.5 Å². The molecule has 110 valence electrons. The molecule has 21 heavy (non-hydrogen) atoms. The van der Waals surface area contributed by atoms with Crippen molar-refractivity contribution in [2.45, 2.75) is 13.5 Å². The van der Waals surface area contributed by atoms with Crippen LogP contribution in [-0.2, 0) is 11.3 Å². The molecule has 1 fully saturated rings. The Bertz CT molecular complexity index is 598. The fourth-order valence-corrected chi connectivity index (χ4v) is 2.30. The SMILES string of the molecule is Cc1ccccc1CNc1nncc(N2CCOCC2)n1. The van der Waals surface area contributed by atoms with E-state index in [0.717, 1.165) is 32.1 Å². The number of nitrogens with zero attached hydrogens (tertiary/aromatic N) is 4. The molecule has 1 saturated heterocycles. The van der Waals surface area contributed by atoms with Crippen LogP contribution in [0.15, 0.2) is 30.5 Å². The van der Waals surface area contributed by atoms with Crippen molar-refractivity contribution in [2.24, 2.45) is 0 Å². The van der Waals surface area contributed by atoms with Gasteiger partial charge in [-0.05, 0) is 18.1 Å². The molecule has 0 aliphatic carbocycles. The number of morpholine rings is 1. The minimum absolute atomic E-state index is 0.558. The lowest BCUT2D eigenvalue weighted by molar-refractivity contribution is 0.122. The molecular weight excluding hydrogens is 266 g/mol. The first-order valence-electron chi connectivity index (χ1n) is 7.14. The van der Waals surface area contributed by atoms with E-state index < -0.39 is 0 Å². The number of aryl methyl sites for hydroxylation is 1. The van der Waals surface area contributed by atoms with Gasteiger partial charge in [-0.2, -0.15) is 10.1 Å². The van der Waals surface area contributed by atoms with Crippen molar-refractivity contribution in [3.63, 3.8) is 0 Å². The van der Waals surface area contributed by atoms with Gasteiger partial charge in [0, 0.05) is 19.6 Å². The van der Waals surface area contributed by atoms with Crippen LogP contribution >= 0.6 is 0 Å². The van der Waals surface area contributed by atoms with Crippen molar-refractivity contribution >= 4 is 11.8 Å². The average molecular weight is 285 g/mol. The van der Waals surface area contributed by atoms with Gasteiger partial charge in [-0.15, -0.1) is 5.10 Å². The molecule has 6 heteroatoms. The lowest BCUT2D eigenvalue weighted by Gasteiger charge is -2.27. The number of aromatic nitrogens is 3. The number of hydrogen-bond donors (Lipinski definition) is 1. The van der Waals surface area contributed by atoms with Crippen LogP contribution in [0.3, 0.4) is 0 Å². The van der Waals surface area contributed by atoms with Gasteiger partial charge in [0.1, 0.15) is 0 Å². The van der Waals surface area contributed by atoms with E-state index in [4.69, 9.17) is 4.74 Å². The van der Waals surface area contributed by atoms with Crippen LogP contribution in [0.5, 0.6) is 0 Å². The monoisotopic (exact) mass is 285 g/mol. The van der Waals surface area contributed by atoms with Gasteiger partial charge >= 0.3 is 0 Å². The fraction of sp³-hybridized carbons (Fsp3) is 0.400. The number of benzene rings is 1. The third-order valence-electron chi connectivity index (χ3n) is 3.58. The first kappa shape index (κ1) is 13.8. The van der Waals surface area contributed by atoms with E-state index in [0.29, 0.717) is 12.5 Å². The van der Waals surface area contributed by atoms with Crippen LogP contribution in [0.2, 0.25) is 0 Å². The zero-order chi connectivity index (χ0) is 14.5. The highest BCUT2D eigenvalue weighted by Crippen LogP contribution is 2.13. The van der Waals surface area contributed by atoms with Crippen LogP contribution in [0.4, 0.5) is 11.8 Å². The van der Waals surface area contributed by atoms with Gasteiger partial charge in [-0.25, -0.2) is 0 Å². The number of anilines is 2. The first-order chi connectivity index (χ1) is 10.3. The molecule has 0 amide bonds. The molecular formula is C15H19N5O. The third kappa shape index (κ3) is 3.46. The first-order valence-corrected chi connectivity index (χ1v) is 7.14. The van der Waals surface area contributed by atoms with E-state index in [9.17, 15) is 0 Å². The Morgan fingerprint density at radius 3 is 2.86 bits per heavy atom. The second kappa shape index (κ2) is 6.49. The maximum absolute atomic E-state index is 5.35. The number of rotatable bonds is 4. The summed E-state index contributed by atoms with van der Waals surface area (Å²) < 4.78 is 5.35. The van der Waals surface area contributed by atoms with Gasteiger partial charge in [0.25, 0.3) is 0 Å². The summed E-state index contributed by atoms with van der Waals surface area (Å²) in [5.41, 5.74) is 2.49. The molecule has 1 aliphatic heterocycles. The third-order valence-corrected chi connectivity index (χ3v) is 3.58. The molecule has 0 bridgehead atoms. The largest absolute Gasteiger partial charge is 0.378 e. The summed E-state index contributed by atoms with van der Waals surface area (Å²) in [4.78, 5) is 6.69. The van der Waals surface area contributed by atoms with Crippen molar-refractivity contribution in [1.82, 2.24) is 15.2 Å². The summed E-state index contributed by atoms with van der Waals surface area (Å²) >= 11 is 0. The Morgan fingerprint density at radius 1 is 1.24 bits per heavy atom. The van der Waals surface area contributed by atoms with Gasteiger partial charge in [0.15, 0.2) is 5.82 Å². The Balaban J connectivity index is 1.67. The molecule has 0 unspecified atom stereocenters. The van der Waals surface area contributed by atoms with Crippen LogP contribution in [0, 0.1) is 6.92 Å². The molecule has 2 aromatic rings. The molecule has 0 radical (unpaired) electrons. The molecule has 1 aromatic carbocycles. The quantitative estimate of drug-likeness (QED) is 0.921. The Labute approximate surface area is 124 Å². The number of ether oxygens (including phenoxy) is 1. The Kier molecular flexibility index (Phi) is 4.25. The van der Waals surface area contributed by atoms with Crippen molar-refractivity contribution in [2.75, 3.05) is 36.5 Å². The Morgan fingerprint density at radius 2 is 2.05 bits per heavy atom. The number of nitrogens with one attached hydrogen (secondary N) is 1. The predicted molar refractivity (Wildman–Crippen MR) is 81.4 cm³/mol. The Hall–Kier alpha value is -2.21. The van der Waals surface area contributed by atoms with E-state index in [1.807, 2.05) is 12.1 Å². The van der Waals surface area contributed by atoms with E-state index in [1.54, 1.807) is 6.20 Å². The lowest BCUT2D eigenvalue weighted by atomic mass is 10.1. The lowest BCUT2D eigenvalue weighted by Crippen LogP contribution is -2.37. The van der Waals surface area contributed by atoms with E-state index in [1.165, 1.54) is 11.1 Å². The van der Waals surface area contributed by atoms with Crippen LogP contribution in [-0.4, -0.2) is 41.5 Å². The van der Waals surface area contributed by atoms with Crippen LogP contribution < -0.4 is 10.2 Å². The zero-order valence-corrected chi connectivity index (χ0v) is 12.1. The highest BCUT2D eigenvalue weighted by Gasteiger charge is 2.13. The summed E-state index contributed by atoms with van der Waals surface area (Å²) in [5.74, 6) is 1.41. The molecule has 0 atom stereocenters. The van der Waals surface area contributed by atoms with Crippen LogP contribution in [0.25, 0.3) is 0 Å². The minimum atomic E-state index is 0.558. The number of hydrogen-bond acceptors (Lipinski definition) is 6. The molecule has 1 N–H and O–H groups in total. The van der Waals surface area contributed by atoms with E-state index >= 15 is 0 Å². The fourth-order valence-electron chi connectivity index (χ4n) is 2.30. The average Bonchev–Trinajstić information content (AvgIpc) is 2.55. The molecule has 3 rings (SSSR count). The van der Waals surface area contributed by atoms with Gasteiger partial charge in [0.2, 0.25) is 5.95 Å². The maximum Gasteiger partial charge on any atom is 0.244 e. The highest BCUT2D eigenvalue weighted by atomic mass is 16.5. The molecule has 6 nitrogen and oxygen atoms in total. The smallest absolute Gasteiger partial charge is 0.244 e. The molecule has 1 aromatic heterocycles. The maximum atomic E-state index is 5.35. The molecule has 0 saturated carbocycles. The molecule has 2 heterocycles. The van der Waals surface area contributed by atoms with Gasteiger partial charge in [-0.3, -0.25) is 0 Å². The van der Waals surface area contributed by atoms with Gasteiger partial charge in [-0.1, -0.05) is 24.3 Å². The summed E-state index contributed by atoms with van der Waals surface area (Å²) in [6.07, 6.45) is 1.70. The topological polar surface area (TPSA) is 63.2 Å². The predicted octanol–water partition coefficient (Wildman–Crippen LogP) is 1.63. The van der Waals surface area contributed by atoms with E-state index in [-0.39, 0.29) is 0 Å².